The number of rotatable bonds is 3. The normalized spacial score (nSPS) is 14.2. The summed E-state index contributed by atoms with van der Waals surface area (Å²) in [6, 6.07) is 8.61. The highest BCUT2D eigenvalue weighted by atomic mass is 35.5. The van der Waals surface area contributed by atoms with Crippen LogP contribution in [0, 0.1) is 0 Å². The molecule has 1 aromatic carbocycles. The zero-order chi connectivity index (χ0) is 13.2. The van der Waals surface area contributed by atoms with Crippen molar-refractivity contribution in [3.63, 3.8) is 0 Å². The van der Waals surface area contributed by atoms with Gasteiger partial charge in [0.05, 0.1) is 0 Å². The monoisotopic (exact) mass is 303 g/mol. The zero-order valence-corrected chi connectivity index (χ0v) is 11.7. The van der Waals surface area contributed by atoms with E-state index in [1.54, 1.807) is 30.3 Å². The van der Waals surface area contributed by atoms with E-state index in [1.165, 1.54) is 7.11 Å². The standard InChI is InChI=1S/C10H8Cl2N3O2P/c1-17-18(16,7-5-3-2-4-6-7)10-14-8(11)13-9(12)15-10/h2-6H,1H3. The number of benzene rings is 1. The van der Waals surface area contributed by atoms with Gasteiger partial charge in [0.1, 0.15) is 0 Å². The van der Waals surface area contributed by atoms with E-state index in [9.17, 15) is 4.57 Å². The van der Waals surface area contributed by atoms with Crippen LogP contribution in [-0.2, 0) is 9.09 Å². The topological polar surface area (TPSA) is 65.0 Å². The van der Waals surface area contributed by atoms with Gasteiger partial charge in [-0.25, -0.2) is 0 Å². The molecule has 0 aliphatic carbocycles. The summed E-state index contributed by atoms with van der Waals surface area (Å²) in [6.45, 7) is 0. The highest BCUT2D eigenvalue weighted by molar-refractivity contribution is 7.73. The summed E-state index contributed by atoms with van der Waals surface area (Å²) in [5.41, 5.74) is -0.0683. The first kappa shape index (κ1) is 13.4. The van der Waals surface area contributed by atoms with Gasteiger partial charge in [0.15, 0.2) is 0 Å². The molecule has 1 unspecified atom stereocenters. The largest absolute Gasteiger partial charge is 0.323 e. The van der Waals surface area contributed by atoms with Crippen LogP contribution in [0.4, 0.5) is 0 Å². The van der Waals surface area contributed by atoms with Crippen LogP contribution in [0.15, 0.2) is 30.3 Å². The number of halogens is 2. The van der Waals surface area contributed by atoms with Gasteiger partial charge >= 0.3 is 0 Å². The van der Waals surface area contributed by atoms with Gasteiger partial charge in [0.2, 0.25) is 16.1 Å². The molecule has 0 bridgehead atoms. The van der Waals surface area contributed by atoms with Crippen LogP contribution in [0.5, 0.6) is 0 Å². The second-order valence-electron chi connectivity index (χ2n) is 3.24. The fraction of sp³-hybridized carbons (Fsp3) is 0.100. The SMILES string of the molecule is COP(=O)(c1ccccc1)c1nc(Cl)nc(Cl)n1. The average Bonchev–Trinajstić information content (AvgIpc) is 2.37. The molecule has 0 radical (unpaired) electrons. The Hall–Kier alpha value is -1.00. The van der Waals surface area contributed by atoms with Crippen molar-refractivity contribution < 1.29 is 9.09 Å². The van der Waals surface area contributed by atoms with Gasteiger partial charge in [0.25, 0.3) is 7.37 Å². The van der Waals surface area contributed by atoms with Crippen LogP contribution in [-0.4, -0.2) is 22.1 Å². The number of nitrogens with zero attached hydrogens (tertiary/aromatic N) is 3. The Morgan fingerprint density at radius 3 is 2.11 bits per heavy atom. The van der Waals surface area contributed by atoms with E-state index >= 15 is 0 Å². The molecular weight excluding hydrogens is 296 g/mol. The van der Waals surface area contributed by atoms with Gasteiger partial charge in [-0.1, -0.05) is 18.2 Å². The molecule has 2 aromatic rings. The highest BCUT2D eigenvalue weighted by Crippen LogP contribution is 2.42. The quantitative estimate of drug-likeness (QED) is 0.812. The molecule has 0 N–H and O–H groups in total. The van der Waals surface area contributed by atoms with Crippen LogP contribution in [0.3, 0.4) is 0 Å². The fourth-order valence-electron chi connectivity index (χ4n) is 1.37. The molecule has 2 rings (SSSR count). The Kier molecular flexibility index (Phi) is 3.97. The maximum Gasteiger partial charge on any atom is 0.297 e. The Bertz CT molecular complexity index is 589. The van der Waals surface area contributed by atoms with Gasteiger partial charge in [-0.15, -0.1) is 0 Å². The lowest BCUT2D eigenvalue weighted by Crippen LogP contribution is -2.23. The summed E-state index contributed by atoms with van der Waals surface area (Å²) < 4.78 is 17.9. The molecular formula is C10H8Cl2N3O2P. The second-order valence-corrected chi connectivity index (χ2v) is 6.30. The predicted octanol–water partition coefficient (Wildman–Crippen LogP) is 2.05. The number of hydrogen-bond acceptors (Lipinski definition) is 5. The van der Waals surface area contributed by atoms with E-state index in [1.807, 2.05) is 0 Å². The van der Waals surface area contributed by atoms with Crippen molar-refractivity contribution in [3.05, 3.63) is 40.9 Å². The maximum absolute atomic E-state index is 12.8. The summed E-state index contributed by atoms with van der Waals surface area (Å²) in [5, 5.41) is 0.210. The molecule has 18 heavy (non-hydrogen) atoms. The summed E-state index contributed by atoms with van der Waals surface area (Å²) >= 11 is 11.4. The van der Waals surface area contributed by atoms with Gasteiger partial charge in [-0.05, 0) is 35.3 Å². The zero-order valence-electron chi connectivity index (χ0n) is 9.25. The van der Waals surface area contributed by atoms with Crippen molar-refractivity contribution in [2.24, 2.45) is 0 Å². The van der Waals surface area contributed by atoms with E-state index in [0.717, 1.165) is 0 Å². The van der Waals surface area contributed by atoms with Crippen molar-refractivity contribution in [2.75, 3.05) is 7.11 Å². The molecule has 0 amide bonds. The minimum Gasteiger partial charge on any atom is -0.323 e. The minimum atomic E-state index is -3.39. The molecule has 0 saturated carbocycles. The lowest BCUT2D eigenvalue weighted by atomic mass is 10.4. The van der Waals surface area contributed by atoms with Gasteiger partial charge in [-0.3, -0.25) is 4.57 Å². The van der Waals surface area contributed by atoms with Gasteiger partial charge in [0, 0.05) is 12.4 Å². The van der Waals surface area contributed by atoms with Crippen molar-refractivity contribution in [1.82, 2.24) is 15.0 Å². The fourth-order valence-corrected chi connectivity index (χ4v) is 3.48. The summed E-state index contributed by atoms with van der Waals surface area (Å²) in [5.74, 6) is 0. The van der Waals surface area contributed by atoms with Crippen LogP contribution < -0.4 is 10.9 Å². The van der Waals surface area contributed by atoms with E-state index in [4.69, 9.17) is 27.7 Å². The molecule has 1 heterocycles. The van der Waals surface area contributed by atoms with Crippen molar-refractivity contribution >= 4 is 41.4 Å². The van der Waals surface area contributed by atoms with Crippen LogP contribution in [0.2, 0.25) is 10.6 Å². The predicted molar refractivity (Wildman–Crippen MR) is 70.2 cm³/mol. The van der Waals surface area contributed by atoms with Crippen LogP contribution >= 0.6 is 30.6 Å². The highest BCUT2D eigenvalue weighted by Gasteiger charge is 2.31. The first-order valence-electron chi connectivity index (χ1n) is 4.85. The lowest BCUT2D eigenvalue weighted by molar-refractivity contribution is 0.410. The van der Waals surface area contributed by atoms with E-state index in [-0.39, 0.29) is 16.1 Å². The molecule has 0 fully saturated rings. The smallest absolute Gasteiger partial charge is 0.297 e. The molecule has 8 heteroatoms. The summed E-state index contributed by atoms with van der Waals surface area (Å²) in [6.07, 6.45) is 0. The molecule has 5 nitrogen and oxygen atoms in total. The van der Waals surface area contributed by atoms with Gasteiger partial charge < -0.3 is 4.52 Å². The van der Waals surface area contributed by atoms with E-state index in [0.29, 0.717) is 5.30 Å². The molecule has 0 spiro atoms. The second kappa shape index (κ2) is 5.33. The minimum absolute atomic E-state index is 0.0683. The Morgan fingerprint density at radius 1 is 1.06 bits per heavy atom. The van der Waals surface area contributed by atoms with Crippen molar-refractivity contribution in [1.29, 1.82) is 0 Å². The molecule has 0 saturated heterocycles. The molecule has 1 atom stereocenters. The Labute approximate surface area is 114 Å². The molecule has 0 aliphatic rings. The Balaban J connectivity index is 2.61. The van der Waals surface area contributed by atoms with E-state index < -0.39 is 7.37 Å². The number of hydrogen-bond donors (Lipinski definition) is 0. The van der Waals surface area contributed by atoms with E-state index in [2.05, 4.69) is 15.0 Å². The van der Waals surface area contributed by atoms with Crippen molar-refractivity contribution in [2.45, 2.75) is 0 Å². The number of aromatic nitrogens is 3. The maximum atomic E-state index is 12.8. The summed E-state index contributed by atoms with van der Waals surface area (Å²) in [7, 11) is -2.07. The third-order valence-electron chi connectivity index (χ3n) is 2.19. The van der Waals surface area contributed by atoms with Crippen LogP contribution in [0.1, 0.15) is 0 Å². The first-order valence-corrected chi connectivity index (χ1v) is 7.23. The molecule has 1 aromatic heterocycles. The molecule has 94 valence electrons. The third-order valence-corrected chi connectivity index (χ3v) is 4.74. The van der Waals surface area contributed by atoms with Crippen molar-refractivity contribution in [3.8, 4) is 0 Å². The first-order chi connectivity index (χ1) is 8.56. The van der Waals surface area contributed by atoms with Gasteiger partial charge in [-0.2, -0.15) is 15.0 Å². The lowest BCUT2D eigenvalue weighted by Gasteiger charge is -2.14. The molecule has 0 aliphatic heterocycles. The third kappa shape index (κ3) is 2.54. The summed E-state index contributed by atoms with van der Waals surface area (Å²) in [4.78, 5) is 11.3. The average molecular weight is 304 g/mol. The van der Waals surface area contributed by atoms with Crippen LogP contribution in [0.25, 0.3) is 0 Å². The Morgan fingerprint density at radius 2 is 1.61 bits per heavy atom.